The maximum Gasteiger partial charge on any atom is -0.0245 e. The zero-order valence-electron chi connectivity index (χ0n) is 16.0. The molecule has 0 nitrogen and oxygen atoms in total. The molecule has 5 rings (SSSR count). The Kier molecular flexibility index (Phi) is 4.52. The summed E-state index contributed by atoms with van der Waals surface area (Å²) in [6.45, 7) is 7.47. The van der Waals surface area contributed by atoms with Crippen LogP contribution in [0.1, 0.15) is 71.3 Å². The van der Waals surface area contributed by atoms with E-state index in [4.69, 9.17) is 0 Å². The molecule has 2 atom stereocenters. The number of rotatable bonds is 6. The highest BCUT2D eigenvalue weighted by molar-refractivity contribution is 5.15. The van der Waals surface area contributed by atoms with Crippen molar-refractivity contribution in [2.24, 2.45) is 40.9 Å². The number of hydrogen-bond acceptors (Lipinski definition) is 0. The van der Waals surface area contributed by atoms with E-state index in [-0.39, 0.29) is 0 Å². The van der Waals surface area contributed by atoms with Gasteiger partial charge in [0.1, 0.15) is 0 Å². The summed E-state index contributed by atoms with van der Waals surface area (Å²) < 4.78 is 0. The fourth-order valence-electron chi connectivity index (χ4n) is 7.35. The molecule has 132 valence electrons. The second-order valence-corrected chi connectivity index (χ2v) is 10.2. The van der Waals surface area contributed by atoms with E-state index in [2.05, 4.69) is 51.1 Å². The third-order valence-corrected chi connectivity index (χ3v) is 7.82. The van der Waals surface area contributed by atoms with Gasteiger partial charge in [0, 0.05) is 0 Å². The van der Waals surface area contributed by atoms with Gasteiger partial charge in [-0.2, -0.15) is 0 Å². The van der Waals surface area contributed by atoms with Crippen LogP contribution < -0.4 is 0 Å². The lowest BCUT2D eigenvalue weighted by Crippen LogP contribution is -2.47. The standard InChI is InChI=1S/C24H36/c1-17(2)23(12-19-7-5-4-6-8-19)18(3)13-24-14-20-9-21(15-24)11-22(10-20)16-24/h4-8,17-18,20-23H,9-16H2,1-3H3. The van der Waals surface area contributed by atoms with Crippen LogP contribution in [-0.4, -0.2) is 0 Å². The molecule has 0 spiro atoms. The Labute approximate surface area is 149 Å². The summed E-state index contributed by atoms with van der Waals surface area (Å²) in [4.78, 5) is 0. The molecule has 4 aliphatic rings. The molecule has 0 saturated heterocycles. The van der Waals surface area contributed by atoms with Crippen LogP contribution in [0, 0.1) is 40.9 Å². The van der Waals surface area contributed by atoms with Gasteiger partial charge in [-0.05, 0) is 97.9 Å². The van der Waals surface area contributed by atoms with Crippen LogP contribution in [0.15, 0.2) is 30.3 Å². The van der Waals surface area contributed by atoms with E-state index in [0.717, 1.165) is 40.9 Å². The van der Waals surface area contributed by atoms with Gasteiger partial charge in [-0.25, -0.2) is 0 Å². The van der Waals surface area contributed by atoms with E-state index in [9.17, 15) is 0 Å². The van der Waals surface area contributed by atoms with E-state index in [0.29, 0.717) is 0 Å². The molecule has 24 heavy (non-hydrogen) atoms. The molecule has 0 radical (unpaired) electrons. The molecule has 1 aromatic rings. The zero-order valence-corrected chi connectivity index (χ0v) is 16.0. The predicted molar refractivity (Wildman–Crippen MR) is 103 cm³/mol. The van der Waals surface area contributed by atoms with Crippen molar-refractivity contribution in [1.29, 1.82) is 0 Å². The van der Waals surface area contributed by atoms with E-state index in [1.807, 2.05) is 0 Å². The van der Waals surface area contributed by atoms with Crippen molar-refractivity contribution in [3.63, 3.8) is 0 Å². The van der Waals surface area contributed by atoms with Crippen molar-refractivity contribution in [3.05, 3.63) is 35.9 Å². The molecule has 4 bridgehead atoms. The van der Waals surface area contributed by atoms with Crippen molar-refractivity contribution in [2.75, 3.05) is 0 Å². The fraction of sp³-hybridized carbons (Fsp3) is 0.750. The SMILES string of the molecule is CC(C)C(Cc1ccccc1)C(C)CC12CC3CC(CC(C3)C1)C2. The maximum atomic E-state index is 2.58. The quantitative estimate of drug-likeness (QED) is 0.543. The Morgan fingerprint density at radius 3 is 1.92 bits per heavy atom. The van der Waals surface area contributed by atoms with Crippen LogP contribution in [-0.2, 0) is 6.42 Å². The van der Waals surface area contributed by atoms with Gasteiger partial charge in [-0.1, -0.05) is 51.1 Å². The van der Waals surface area contributed by atoms with E-state index >= 15 is 0 Å². The summed E-state index contributed by atoms with van der Waals surface area (Å²) >= 11 is 0. The highest BCUT2D eigenvalue weighted by Gasteiger charge is 2.51. The monoisotopic (exact) mass is 324 g/mol. The molecule has 0 heteroatoms. The zero-order chi connectivity index (χ0) is 16.7. The van der Waals surface area contributed by atoms with E-state index in [1.165, 1.54) is 18.4 Å². The Balaban J connectivity index is 1.46. The topological polar surface area (TPSA) is 0 Å². The van der Waals surface area contributed by atoms with Crippen molar-refractivity contribution in [2.45, 2.75) is 72.1 Å². The lowest BCUT2D eigenvalue weighted by molar-refractivity contribution is -0.0693. The minimum Gasteiger partial charge on any atom is -0.0625 e. The molecule has 4 saturated carbocycles. The van der Waals surface area contributed by atoms with Crippen LogP contribution in [0.5, 0.6) is 0 Å². The van der Waals surface area contributed by atoms with Gasteiger partial charge in [0.25, 0.3) is 0 Å². The summed E-state index contributed by atoms with van der Waals surface area (Å²) in [5, 5.41) is 0. The largest absolute Gasteiger partial charge is 0.0625 e. The van der Waals surface area contributed by atoms with Gasteiger partial charge < -0.3 is 0 Å². The molecule has 4 aliphatic carbocycles. The third kappa shape index (κ3) is 3.31. The summed E-state index contributed by atoms with van der Waals surface area (Å²) in [6, 6.07) is 11.2. The second-order valence-electron chi connectivity index (χ2n) is 10.2. The number of hydrogen-bond donors (Lipinski definition) is 0. The smallest absolute Gasteiger partial charge is 0.0245 e. The first-order valence-corrected chi connectivity index (χ1v) is 10.6. The van der Waals surface area contributed by atoms with Gasteiger partial charge in [-0.15, -0.1) is 0 Å². The first-order valence-electron chi connectivity index (χ1n) is 10.6. The Bertz CT molecular complexity index is 505. The molecule has 0 amide bonds. The molecule has 0 aliphatic heterocycles. The van der Waals surface area contributed by atoms with Gasteiger partial charge >= 0.3 is 0 Å². The lowest BCUT2D eigenvalue weighted by Gasteiger charge is -2.58. The van der Waals surface area contributed by atoms with Crippen molar-refractivity contribution in [3.8, 4) is 0 Å². The van der Waals surface area contributed by atoms with E-state index in [1.54, 1.807) is 38.5 Å². The number of benzene rings is 1. The minimum absolute atomic E-state index is 0.734. The van der Waals surface area contributed by atoms with E-state index < -0.39 is 0 Å². The average Bonchev–Trinajstić information content (AvgIpc) is 2.51. The molecular weight excluding hydrogens is 288 g/mol. The molecule has 0 N–H and O–H groups in total. The van der Waals surface area contributed by atoms with Gasteiger partial charge in [-0.3, -0.25) is 0 Å². The van der Waals surface area contributed by atoms with Gasteiger partial charge in [0.15, 0.2) is 0 Å². The summed E-state index contributed by atoms with van der Waals surface area (Å²) in [5.74, 6) is 5.76. The first-order chi connectivity index (χ1) is 11.5. The van der Waals surface area contributed by atoms with Gasteiger partial charge in [0.05, 0.1) is 0 Å². The first kappa shape index (κ1) is 16.7. The van der Waals surface area contributed by atoms with Crippen LogP contribution >= 0.6 is 0 Å². The highest BCUT2D eigenvalue weighted by Crippen LogP contribution is 2.62. The summed E-state index contributed by atoms with van der Waals surface area (Å²) in [5.41, 5.74) is 2.27. The van der Waals surface area contributed by atoms with Crippen LogP contribution in [0.4, 0.5) is 0 Å². The molecule has 1 aromatic carbocycles. The molecule has 2 unspecified atom stereocenters. The minimum atomic E-state index is 0.734. The Hall–Kier alpha value is -0.780. The molecule has 4 fully saturated rings. The molecule has 0 aromatic heterocycles. The normalized spacial score (nSPS) is 36.9. The Morgan fingerprint density at radius 2 is 1.42 bits per heavy atom. The highest BCUT2D eigenvalue weighted by atomic mass is 14.6. The summed E-state index contributed by atoms with van der Waals surface area (Å²) in [6.07, 6.45) is 12.2. The van der Waals surface area contributed by atoms with Crippen LogP contribution in [0.2, 0.25) is 0 Å². The van der Waals surface area contributed by atoms with Crippen molar-refractivity contribution < 1.29 is 0 Å². The predicted octanol–water partition coefficient (Wildman–Crippen LogP) is 6.74. The molecular formula is C24H36. The maximum absolute atomic E-state index is 2.58. The van der Waals surface area contributed by atoms with Gasteiger partial charge in [0.2, 0.25) is 0 Å². The lowest BCUT2D eigenvalue weighted by atomic mass is 9.47. The van der Waals surface area contributed by atoms with Crippen LogP contribution in [0.3, 0.4) is 0 Å². The third-order valence-electron chi connectivity index (χ3n) is 7.82. The Morgan fingerprint density at radius 1 is 0.875 bits per heavy atom. The van der Waals surface area contributed by atoms with Crippen molar-refractivity contribution in [1.82, 2.24) is 0 Å². The second kappa shape index (κ2) is 6.50. The van der Waals surface area contributed by atoms with Crippen LogP contribution in [0.25, 0.3) is 0 Å². The molecule has 0 heterocycles. The average molecular weight is 325 g/mol. The van der Waals surface area contributed by atoms with Crippen molar-refractivity contribution >= 4 is 0 Å². The fourth-order valence-corrected chi connectivity index (χ4v) is 7.35. The summed E-state index contributed by atoms with van der Waals surface area (Å²) in [7, 11) is 0.